The number of likely N-dealkylation sites (N-methyl/N-ethyl adjacent to an activating group) is 1. The molecular weight excluding hydrogens is 555 g/mol. The summed E-state index contributed by atoms with van der Waals surface area (Å²) in [7, 11) is 2.10. The van der Waals surface area contributed by atoms with Crippen molar-refractivity contribution in [3.63, 3.8) is 0 Å². The predicted octanol–water partition coefficient (Wildman–Crippen LogP) is 5.94. The van der Waals surface area contributed by atoms with Gasteiger partial charge in [-0.2, -0.15) is 5.26 Å². The Morgan fingerprint density at radius 1 is 1.18 bits per heavy atom. The Kier molecular flexibility index (Phi) is 8.45. The number of anilines is 1. The molecule has 3 aromatic rings. The van der Waals surface area contributed by atoms with E-state index in [0.717, 1.165) is 29.8 Å². The molecule has 1 aromatic heterocycles. The molecule has 1 saturated carbocycles. The van der Waals surface area contributed by atoms with E-state index < -0.39 is 0 Å². The van der Waals surface area contributed by atoms with Crippen molar-refractivity contribution in [1.82, 2.24) is 19.8 Å². The van der Waals surface area contributed by atoms with Crippen molar-refractivity contribution in [2.24, 2.45) is 11.8 Å². The number of ether oxygens (including phenoxy) is 1. The Balaban J connectivity index is 1.26. The quantitative estimate of drug-likeness (QED) is 0.323. The number of amides is 1. The molecule has 6 rings (SSSR count). The molecule has 44 heavy (non-hydrogen) atoms. The minimum absolute atomic E-state index is 0.00507. The number of benzene rings is 2. The summed E-state index contributed by atoms with van der Waals surface area (Å²) in [5, 5.41) is 10.5. The molecule has 226 valence electrons. The summed E-state index contributed by atoms with van der Waals surface area (Å²) in [6.45, 7) is 4.26. The number of hydrogen-bond acceptors (Lipinski definition) is 7. The van der Waals surface area contributed by atoms with Crippen molar-refractivity contribution in [3.8, 4) is 17.6 Å². The number of nitriles is 1. The second kappa shape index (κ2) is 12.6. The largest absolute Gasteiger partial charge is 0.457 e. The van der Waals surface area contributed by atoms with Gasteiger partial charge in [-0.25, -0.2) is 14.4 Å². The molecule has 2 fully saturated rings. The van der Waals surface area contributed by atoms with Gasteiger partial charge in [0.05, 0.1) is 11.8 Å². The van der Waals surface area contributed by atoms with Crippen LogP contribution in [-0.2, 0) is 4.79 Å². The van der Waals surface area contributed by atoms with Gasteiger partial charge in [0.1, 0.15) is 29.5 Å². The van der Waals surface area contributed by atoms with Gasteiger partial charge in [0.15, 0.2) is 0 Å². The Bertz CT molecular complexity index is 1640. The molecule has 2 aliphatic carbocycles. The molecule has 1 saturated heterocycles. The van der Waals surface area contributed by atoms with Gasteiger partial charge in [0.25, 0.3) is 0 Å². The molecule has 2 heterocycles. The summed E-state index contributed by atoms with van der Waals surface area (Å²) in [5.41, 5.74) is 10.1. The Labute approximate surface area is 257 Å². The van der Waals surface area contributed by atoms with Gasteiger partial charge in [-0.15, -0.1) is 0 Å². The minimum atomic E-state index is -0.375. The predicted molar refractivity (Wildman–Crippen MR) is 167 cm³/mol. The molecule has 3 aliphatic rings. The minimum Gasteiger partial charge on any atom is -0.457 e. The number of hydrogen-bond donors (Lipinski definition) is 1. The average Bonchev–Trinajstić information content (AvgIpc) is 3.78. The van der Waals surface area contributed by atoms with Crippen LogP contribution in [0.5, 0.6) is 11.5 Å². The lowest BCUT2D eigenvalue weighted by atomic mass is 9.77. The Morgan fingerprint density at radius 2 is 1.98 bits per heavy atom. The number of nitrogen functional groups attached to an aromatic ring is 1. The summed E-state index contributed by atoms with van der Waals surface area (Å²) in [5.74, 6) is 1.24. The molecular formula is C35H37FN6O2. The van der Waals surface area contributed by atoms with Crippen LogP contribution in [0.2, 0.25) is 0 Å². The van der Waals surface area contributed by atoms with Crippen molar-refractivity contribution >= 4 is 17.3 Å². The molecule has 1 aliphatic heterocycles. The van der Waals surface area contributed by atoms with Crippen LogP contribution in [0.25, 0.3) is 5.57 Å². The van der Waals surface area contributed by atoms with Gasteiger partial charge in [0.2, 0.25) is 5.91 Å². The fourth-order valence-corrected chi connectivity index (χ4v) is 6.66. The number of carbonyl (C=O) groups is 1. The fourth-order valence-electron chi connectivity index (χ4n) is 6.66. The van der Waals surface area contributed by atoms with Crippen LogP contribution in [0.4, 0.5) is 10.2 Å². The Morgan fingerprint density at radius 3 is 2.70 bits per heavy atom. The highest BCUT2D eigenvalue weighted by atomic mass is 19.1. The lowest BCUT2D eigenvalue weighted by molar-refractivity contribution is -0.125. The highest BCUT2D eigenvalue weighted by molar-refractivity contribution is 5.90. The highest BCUT2D eigenvalue weighted by Gasteiger charge is 2.39. The smallest absolute Gasteiger partial charge is 0.246 e. The zero-order valence-electron chi connectivity index (χ0n) is 25.1. The van der Waals surface area contributed by atoms with E-state index in [1.165, 1.54) is 31.3 Å². The number of carbonyl (C=O) groups excluding carboxylic acids is 1. The third-order valence-electron chi connectivity index (χ3n) is 9.25. The third-order valence-corrected chi connectivity index (χ3v) is 9.25. The number of halogens is 1. The molecule has 0 spiro atoms. The third kappa shape index (κ3) is 6.22. The first-order chi connectivity index (χ1) is 21.3. The molecule has 0 radical (unpaired) electrons. The topological polar surface area (TPSA) is 108 Å². The fraction of sp³-hybridized carbons (Fsp3) is 0.371. The second-order valence-corrected chi connectivity index (χ2v) is 12.1. The first-order valence-electron chi connectivity index (χ1n) is 15.3. The van der Waals surface area contributed by atoms with Crippen LogP contribution < -0.4 is 10.5 Å². The van der Waals surface area contributed by atoms with E-state index in [1.54, 1.807) is 30.3 Å². The van der Waals surface area contributed by atoms with E-state index in [0.29, 0.717) is 54.0 Å². The van der Waals surface area contributed by atoms with E-state index in [-0.39, 0.29) is 29.5 Å². The number of likely N-dealkylation sites (tertiary alicyclic amines) is 1. The highest BCUT2D eigenvalue weighted by Crippen LogP contribution is 2.47. The van der Waals surface area contributed by atoms with Crippen LogP contribution >= 0.6 is 0 Å². The SMILES string of the molecule is CC1c2ncnc(N)c2C(c2ccc(Oc3cccc(F)c3)cc2)=C(C#N)CC1C1CCN(C(=O)C=CCN(C)C2CC2)C1. The van der Waals surface area contributed by atoms with E-state index in [1.807, 2.05) is 23.1 Å². The number of nitrogens with two attached hydrogens (primary N) is 1. The Hall–Kier alpha value is -4.55. The van der Waals surface area contributed by atoms with Crippen LogP contribution in [0.3, 0.4) is 0 Å². The summed E-state index contributed by atoms with van der Waals surface area (Å²) in [6.07, 6.45) is 9.05. The summed E-state index contributed by atoms with van der Waals surface area (Å²) in [6, 6.07) is 16.5. The summed E-state index contributed by atoms with van der Waals surface area (Å²) in [4.78, 5) is 26.3. The maximum Gasteiger partial charge on any atom is 0.246 e. The zero-order valence-corrected chi connectivity index (χ0v) is 25.1. The average molecular weight is 593 g/mol. The number of allylic oxidation sites excluding steroid dienone is 1. The normalized spacial score (nSPS) is 21.8. The van der Waals surface area contributed by atoms with Crippen molar-refractivity contribution in [2.75, 3.05) is 32.4 Å². The number of rotatable bonds is 8. The van der Waals surface area contributed by atoms with E-state index in [4.69, 9.17) is 15.5 Å². The lowest BCUT2D eigenvalue weighted by Crippen LogP contribution is -2.30. The van der Waals surface area contributed by atoms with Gasteiger partial charge in [0, 0.05) is 60.4 Å². The van der Waals surface area contributed by atoms with Crippen LogP contribution in [0, 0.1) is 29.0 Å². The van der Waals surface area contributed by atoms with Crippen LogP contribution in [-0.4, -0.2) is 58.4 Å². The van der Waals surface area contributed by atoms with Gasteiger partial charge in [-0.05, 0) is 74.4 Å². The van der Waals surface area contributed by atoms with Gasteiger partial charge < -0.3 is 15.4 Å². The van der Waals surface area contributed by atoms with Crippen molar-refractivity contribution in [1.29, 1.82) is 5.26 Å². The molecule has 2 aromatic carbocycles. The second-order valence-electron chi connectivity index (χ2n) is 12.1. The molecule has 3 unspecified atom stereocenters. The van der Waals surface area contributed by atoms with Crippen molar-refractivity contribution in [2.45, 2.75) is 44.6 Å². The van der Waals surface area contributed by atoms with E-state index in [9.17, 15) is 14.4 Å². The lowest BCUT2D eigenvalue weighted by Gasteiger charge is -2.28. The van der Waals surface area contributed by atoms with Crippen molar-refractivity contribution in [3.05, 3.63) is 95.2 Å². The zero-order chi connectivity index (χ0) is 30.8. The standard InChI is InChI=1S/C35H37FN6O2/c1-22-30(24-14-16-42(20-24)31(43)7-4-15-41(2)27-10-11-27)17-25(19-37)32(33-34(22)39-21-40-35(33)38)23-8-12-28(13-9-23)44-29-6-3-5-26(36)18-29/h3-9,12-13,18,21-22,24,27,30H,10-11,14-17,20H2,1-2H3,(H2,38,39,40). The number of nitrogens with zero attached hydrogens (tertiary/aromatic N) is 5. The number of fused-ring (bicyclic) bond motifs is 1. The first kappa shape index (κ1) is 29.5. The maximum absolute atomic E-state index is 13.6. The molecule has 3 atom stereocenters. The monoisotopic (exact) mass is 592 g/mol. The van der Waals surface area contributed by atoms with E-state index in [2.05, 4.69) is 29.9 Å². The van der Waals surface area contributed by atoms with E-state index >= 15 is 0 Å². The van der Waals surface area contributed by atoms with Gasteiger partial charge >= 0.3 is 0 Å². The van der Waals surface area contributed by atoms with Gasteiger partial charge in [-0.3, -0.25) is 9.69 Å². The molecule has 9 heteroatoms. The molecule has 8 nitrogen and oxygen atoms in total. The van der Waals surface area contributed by atoms with Crippen molar-refractivity contribution < 1.29 is 13.9 Å². The van der Waals surface area contributed by atoms with Crippen LogP contribution in [0.1, 0.15) is 55.3 Å². The first-order valence-corrected chi connectivity index (χ1v) is 15.3. The molecule has 1 amide bonds. The molecule has 0 bridgehead atoms. The summed E-state index contributed by atoms with van der Waals surface area (Å²) < 4.78 is 19.5. The summed E-state index contributed by atoms with van der Waals surface area (Å²) >= 11 is 0. The molecule has 2 N–H and O–H groups in total. The van der Waals surface area contributed by atoms with Crippen LogP contribution in [0.15, 0.2) is 72.6 Å². The van der Waals surface area contributed by atoms with Gasteiger partial charge in [-0.1, -0.05) is 31.2 Å². The number of aromatic nitrogens is 2. The maximum atomic E-state index is 13.6.